The highest BCUT2D eigenvalue weighted by Crippen LogP contribution is 2.37. The third kappa shape index (κ3) is 4.35. The Morgan fingerprint density at radius 3 is 1.30 bits per heavy atom. The van der Waals surface area contributed by atoms with Gasteiger partial charge in [0, 0.05) is 11.8 Å². The lowest BCUT2D eigenvalue weighted by molar-refractivity contribution is 0.409. The summed E-state index contributed by atoms with van der Waals surface area (Å²) < 4.78 is 0. The molecule has 2 heteroatoms. The fraction of sp³-hybridized carbons (Fsp3) is 0.143. The smallest absolute Gasteiger partial charge is 0.0950 e. The van der Waals surface area contributed by atoms with E-state index in [9.17, 15) is 0 Å². The Kier molecular flexibility index (Phi) is 6.68. The molecule has 1 N–H and O–H groups in total. The molecule has 4 aromatic rings. The van der Waals surface area contributed by atoms with Gasteiger partial charge in [-0.3, -0.25) is 5.32 Å². The van der Waals surface area contributed by atoms with E-state index in [0.29, 0.717) is 0 Å². The molecule has 150 valence electrons. The third-order valence-corrected chi connectivity index (χ3v) is 6.03. The van der Waals surface area contributed by atoms with Crippen LogP contribution in [0.1, 0.15) is 22.3 Å². The van der Waals surface area contributed by atoms with Crippen LogP contribution >= 0.6 is 12.6 Å². The topological polar surface area (TPSA) is 12.0 Å². The van der Waals surface area contributed by atoms with Gasteiger partial charge in [0.25, 0.3) is 0 Å². The summed E-state index contributed by atoms with van der Waals surface area (Å²) in [5, 5.41) is 4.04. The van der Waals surface area contributed by atoms with E-state index in [0.717, 1.165) is 12.2 Å². The van der Waals surface area contributed by atoms with Crippen LogP contribution in [0.4, 0.5) is 0 Å². The van der Waals surface area contributed by atoms with Crippen LogP contribution in [0.5, 0.6) is 0 Å². The Hall–Kier alpha value is -2.81. The number of thiol groups is 1. The number of rotatable bonds is 8. The summed E-state index contributed by atoms with van der Waals surface area (Å²) in [5.41, 5.74) is 4.52. The molecule has 0 aliphatic carbocycles. The maximum absolute atomic E-state index is 4.73. The highest BCUT2D eigenvalue weighted by Gasteiger charge is 2.37. The molecule has 0 bridgehead atoms. The zero-order valence-corrected chi connectivity index (χ0v) is 17.9. The molecule has 0 spiro atoms. The van der Waals surface area contributed by atoms with Crippen molar-refractivity contribution in [1.29, 1.82) is 0 Å². The van der Waals surface area contributed by atoms with E-state index in [4.69, 9.17) is 12.6 Å². The van der Waals surface area contributed by atoms with Crippen LogP contribution in [0.3, 0.4) is 0 Å². The van der Waals surface area contributed by atoms with Gasteiger partial charge in [0.1, 0.15) is 0 Å². The largest absolute Gasteiger partial charge is 0.296 e. The van der Waals surface area contributed by atoms with Crippen molar-refractivity contribution in [1.82, 2.24) is 5.32 Å². The third-order valence-electron chi connectivity index (χ3n) is 5.59. The van der Waals surface area contributed by atoms with Crippen molar-refractivity contribution in [3.05, 3.63) is 144 Å². The van der Waals surface area contributed by atoms with Gasteiger partial charge < -0.3 is 0 Å². The van der Waals surface area contributed by atoms with Crippen molar-refractivity contribution in [2.75, 3.05) is 5.75 Å². The number of hydrogen-bond acceptors (Lipinski definition) is 2. The SMILES string of the molecule is SC[C@H](Cc1ccccc1)NC(c1ccccc1)(c1ccccc1)c1ccccc1. The molecular weight excluding hydrogens is 382 g/mol. The maximum Gasteiger partial charge on any atom is 0.0950 e. The molecule has 0 saturated heterocycles. The van der Waals surface area contributed by atoms with E-state index in [2.05, 4.69) is 127 Å². The second-order valence-corrected chi connectivity index (χ2v) is 7.93. The fourth-order valence-corrected chi connectivity index (χ4v) is 4.40. The second-order valence-electron chi connectivity index (χ2n) is 7.56. The monoisotopic (exact) mass is 409 g/mol. The summed E-state index contributed by atoms with van der Waals surface area (Å²) in [4.78, 5) is 0. The first-order chi connectivity index (χ1) is 14.8. The van der Waals surface area contributed by atoms with E-state index < -0.39 is 5.54 Å². The van der Waals surface area contributed by atoms with Crippen LogP contribution in [0, 0.1) is 0 Å². The van der Waals surface area contributed by atoms with Crippen molar-refractivity contribution in [3.8, 4) is 0 Å². The molecule has 1 nitrogen and oxygen atoms in total. The minimum Gasteiger partial charge on any atom is -0.296 e. The summed E-state index contributed by atoms with van der Waals surface area (Å²) in [6.07, 6.45) is 0.915. The molecule has 30 heavy (non-hydrogen) atoms. The first kappa shape index (κ1) is 20.5. The van der Waals surface area contributed by atoms with Gasteiger partial charge >= 0.3 is 0 Å². The Morgan fingerprint density at radius 1 is 0.567 bits per heavy atom. The Balaban J connectivity index is 1.86. The van der Waals surface area contributed by atoms with Crippen molar-refractivity contribution in [2.24, 2.45) is 0 Å². The first-order valence-electron chi connectivity index (χ1n) is 10.4. The molecule has 1 atom stereocenters. The zero-order chi connectivity index (χ0) is 20.7. The van der Waals surface area contributed by atoms with E-state index in [1.54, 1.807) is 0 Å². The van der Waals surface area contributed by atoms with E-state index in [1.807, 2.05) is 0 Å². The molecule has 4 rings (SSSR count). The second kappa shape index (κ2) is 9.80. The summed E-state index contributed by atoms with van der Waals surface area (Å²) in [7, 11) is 0. The van der Waals surface area contributed by atoms with Gasteiger partial charge in [0.05, 0.1) is 5.54 Å². The molecule has 0 heterocycles. The van der Waals surface area contributed by atoms with Gasteiger partial charge in [-0.05, 0) is 28.7 Å². The molecule has 0 saturated carbocycles. The Labute approximate surface area is 185 Å². The summed E-state index contributed by atoms with van der Waals surface area (Å²) in [6.45, 7) is 0. The Bertz CT molecular complexity index is 921. The van der Waals surface area contributed by atoms with Crippen molar-refractivity contribution >= 4 is 12.6 Å². The van der Waals surface area contributed by atoms with Crippen molar-refractivity contribution in [2.45, 2.75) is 18.0 Å². The average molecular weight is 410 g/mol. The molecule has 0 aliphatic rings. The predicted molar refractivity (Wildman–Crippen MR) is 130 cm³/mol. The zero-order valence-electron chi connectivity index (χ0n) is 17.0. The van der Waals surface area contributed by atoms with Crippen LogP contribution in [-0.4, -0.2) is 11.8 Å². The molecule has 0 radical (unpaired) electrons. The molecule has 0 aromatic heterocycles. The normalized spacial score (nSPS) is 12.4. The number of hydrogen-bond donors (Lipinski definition) is 2. The van der Waals surface area contributed by atoms with E-state index >= 15 is 0 Å². The van der Waals surface area contributed by atoms with Crippen LogP contribution < -0.4 is 5.32 Å². The number of benzene rings is 4. The van der Waals surface area contributed by atoms with Crippen LogP contribution in [-0.2, 0) is 12.0 Å². The Morgan fingerprint density at radius 2 is 0.933 bits per heavy atom. The maximum atomic E-state index is 4.73. The quantitative estimate of drug-likeness (QED) is 0.264. The molecule has 4 aromatic carbocycles. The van der Waals surface area contributed by atoms with E-state index in [-0.39, 0.29) is 6.04 Å². The predicted octanol–water partition coefficient (Wildman–Crippen LogP) is 6.11. The lowest BCUT2D eigenvalue weighted by Crippen LogP contribution is -2.51. The molecule has 0 aliphatic heterocycles. The minimum atomic E-state index is -0.466. The highest BCUT2D eigenvalue weighted by atomic mass is 32.1. The van der Waals surface area contributed by atoms with Gasteiger partial charge in [-0.25, -0.2) is 0 Å². The van der Waals surface area contributed by atoms with Crippen LogP contribution in [0.2, 0.25) is 0 Å². The summed E-state index contributed by atoms with van der Waals surface area (Å²) in [6, 6.07) is 43.0. The van der Waals surface area contributed by atoms with Gasteiger partial charge in [-0.1, -0.05) is 121 Å². The summed E-state index contributed by atoms with van der Waals surface area (Å²) >= 11 is 4.73. The summed E-state index contributed by atoms with van der Waals surface area (Å²) in [5.74, 6) is 0.739. The molecule has 0 fully saturated rings. The molecule has 0 unspecified atom stereocenters. The lowest BCUT2D eigenvalue weighted by Gasteiger charge is -2.40. The lowest BCUT2D eigenvalue weighted by atomic mass is 9.76. The first-order valence-corrected chi connectivity index (χ1v) is 11.1. The van der Waals surface area contributed by atoms with Gasteiger partial charge in [0.2, 0.25) is 0 Å². The van der Waals surface area contributed by atoms with Crippen molar-refractivity contribution < 1.29 is 0 Å². The van der Waals surface area contributed by atoms with Crippen molar-refractivity contribution in [3.63, 3.8) is 0 Å². The number of nitrogens with one attached hydrogen (secondary N) is 1. The molecular formula is C28H27NS. The average Bonchev–Trinajstić information content (AvgIpc) is 2.84. The van der Waals surface area contributed by atoms with Crippen LogP contribution in [0.15, 0.2) is 121 Å². The van der Waals surface area contributed by atoms with E-state index in [1.165, 1.54) is 22.3 Å². The standard InChI is InChI=1S/C28H27NS/c30-22-27(21-23-13-5-1-6-14-23)29-28(24-15-7-2-8-16-24,25-17-9-3-10-18-25)26-19-11-4-12-20-26/h1-20,27,29-30H,21-22H2/t27-/m0/s1. The van der Waals surface area contributed by atoms with Gasteiger partial charge in [0.15, 0.2) is 0 Å². The fourth-order valence-electron chi connectivity index (χ4n) is 4.18. The highest BCUT2D eigenvalue weighted by molar-refractivity contribution is 7.80. The van der Waals surface area contributed by atoms with Gasteiger partial charge in [-0.2, -0.15) is 12.6 Å². The van der Waals surface area contributed by atoms with Gasteiger partial charge in [-0.15, -0.1) is 0 Å². The van der Waals surface area contributed by atoms with Crippen LogP contribution in [0.25, 0.3) is 0 Å². The minimum absolute atomic E-state index is 0.191. The molecule has 0 amide bonds.